The molecule has 162 valence electrons. The topological polar surface area (TPSA) is 86.2 Å². The molecule has 0 spiro atoms. The number of nitrogens with one attached hydrogen (secondary N) is 2. The van der Waals surface area contributed by atoms with Crippen molar-refractivity contribution in [3.05, 3.63) is 46.6 Å². The van der Waals surface area contributed by atoms with Gasteiger partial charge in [0.25, 0.3) is 0 Å². The number of aromatic nitrogens is 3. The fourth-order valence-corrected chi connectivity index (χ4v) is 4.96. The Labute approximate surface area is 182 Å². The highest BCUT2D eigenvalue weighted by Crippen LogP contribution is 2.32. The van der Waals surface area contributed by atoms with Crippen molar-refractivity contribution in [2.24, 2.45) is 0 Å². The number of fused-ring (bicyclic) bond motifs is 2. The third-order valence-corrected chi connectivity index (χ3v) is 6.69. The second-order valence-corrected chi connectivity index (χ2v) is 8.68. The van der Waals surface area contributed by atoms with Gasteiger partial charge in [0, 0.05) is 44.0 Å². The van der Waals surface area contributed by atoms with Gasteiger partial charge in [0.1, 0.15) is 11.6 Å². The Hall–Kier alpha value is -2.93. The van der Waals surface area contributed by atoms with Crippen LogP contribution in [0.1, 0.15) is 41.6 Å². The van der Waals surface area contributed by atoms with E-state index in [2.05, 4.69) is 22.5 Å². The zero-order valence-electron chi connectivity index (χ0n) is 18.3. The summed E-state index contributed by atoms with van der Waals surface area (Å²) in [6.45, 7) is 4.91. The summed E-state index contributed by atoms with van der Waals surface area (Å²) in [6.07, 6.45) is 5.35. The molecule has 0 atom stereocenters. The molecule has 3 heterocycles. The first-order valence-corrected chi connectivity index (χ1v) is 11.3. The Morgan fingerprint density at radius 1 is 1.10 bits per heavy atom. The molecule has 0 saturated carbocycles. The summed E-state index contributed by atoms with van der Waals surface area (Å²) in [7, 11) is 1.91. The molecule has 0 amide bonds. The number of aryl methyl sites for hydroxylation is 2. The monoisotopic (exact) mass is 418 g/mol. The molecule has 0 radical (unpaired) electrons. The first-order valence-electron chi connectivity index (χ1n) is 11.3. The van der Waals surface area contributed by atoms with Crippen LogP contribution < -0.4 is 10.6 Å². The molecule has 1 fully saturated rings. The third-order valence-electron chi connectivity index (χ3n) is 6.69. The minimum Gasteiger partial charge on any atom is -0.508 e. The van der Waals surface area contributed by atoms with Gasteiger partial charge in [0.2, 0.25) is 5.95 Å². The molecule has 0 unspecified atom stereocenters. The lowest BCUT2D eigenvalue weighted by molar-refractivity contribution is 0.209. The number of para-hydroxylation sites is 1. The summed E-state index contributed by atoms with van der Waals surface area (Å²) >= 11 is 0. The van der Waals surface area contributed by atoms with Crippen molar-refractivity contribution in [3.8, 4) is 5.75 Å². The normalized spacial score (nSPS) is 17.1. The Balaban J connectivity index is 1.30. The fraction of sp³-hybridized carbons (Fsp3) is 0.458. The van der Waals surface area contributed by atoms with Gasteiger partial charge in [-0.15, -0.1) is 0 Å². The third kappa shape index (κ3) is 3.90. The maximum atomic E-state index is 10.0. The number of likely N-dealkylation sites (tertiary alicyclic amines) is 1. The number of hydrogen-bond acceptors (Lipinski definition) is 7. The Morgan fingerprint density at radius 3 is 2.68 bits per heavy atom. The average molecular weight is 419 g/mol. The summed E-state index contributed by atoms with van der Waals surface area (Å²) in [5.74, 6) is 1.88. The van der Waals surface area contributed by atoms with Crippen LogP contribution >= 0.6 is 0 Å². The summed E-state index contributed by atoms with van der Waals surface area (Å²) in [4.78, 5) is 16.8. The van der Waals surface area contributed by atoms with Crippen molar-refractivity contribution in [2.75, 3.05) is 30.8 Å². The van der Waals surface area contributed by atoms with Gasteiger partial charge < -0.3 is 15.7 Å². The van der Waals surface area contributed by atoms with E-state index < -0.39 is 0 Å². The number of phenolic OH excluding ortho intramolecular Hbond substituents is 1. The zero-order valence-corrected chi connectivity index (χ0v) is 18.3. The smallest absolute Gasteiger partial charge is 0.226 e. The van der Waals surface area contributed by atoms with Gasteiger partial charge in [-0.2, -0.15) is 9.97 Å². The van der Waals surface area contributed by atoms with E-state index in [0.717, 1.165) is 67.7 Å². The zero-order chi connectivity index (χ0) is 21.4. The quantitative estimate of drug-likeness (QED) is 0.583. The molecule has 1 aliphatic heterocycles. The van der Waals surface area contributed by atoms with Crippen LogP contribution in [-0.4, -0.2) is 51.1 Å². The number of anilines is 2. The molecule has 31 heavy (non-hydrogen) atoms. The lowest BCUT2D eigenvalue weighted by atomic mass is 10.0. The van der Waals surface area contributed by atoms with Gasteiger partial charge in [-0.05, 0) is 56.2 Å². The Bertz CT molecular complexity index is 1110. The van der Waals surface area contributed by atoms with Gasteiger partial charge >= 0.3 is 0 Å². The molecule has 2 aromatic heterocycles. The van der Waals surface area contributed by atoms with Crippen molar-refractivity contribution in [3.63, 3.8) is 0 Å². The largest absolute Gasteiger partial charge is 0.508 e. The molecule has 7 heteroatoms. The van der Waals surface area contributed by atoms with Gasteiger partial charge in [0.05, 0.1) is 5.39 Å². The molecule has 3 aromatic rings. The minimum absolute atomic E-state index is 0.332. The number of nitrogens with zero attached hydrogens (tertiary/aromatic N) is 4. The lowest BCUT2D eigenvalue weighted by Crippen LogP contribution is -2.39. The highest BCUT2D eigenvalue weighted by atomic mass is 16.3. The van der Waals surface area contributed by atoms with Crippen molar-refractivity contribution in [1.29, 1.82) is 0 Å². The number of pyridine rings is 1. The Kier molecular flexibility index (Phi) is 5.36. The van der Waals surface area contributed by atoms with E-state index in [9.17, 15) is 5.11 Å². The predicted molar refractivity (Wildman–Crippen MR) is 124 cm³/mol. The number of rotatable bonds is 5. The van der Waals surface area contributed by atoms with Crippen LogP contribution in [0, 0.1) is 6.92 Å². The molecule has 3 N–H and O–H groups in total. The molecule has 1 aromatic carbocycles. The van der Waals surface area contributed by atoms with Gasteiger partial charge in [-0.3, -0.25) is 4.90 Å². The second kappa shape index (κ2) is 8.30. The first kappa shape index (κ1) is 20.0. The predicted octanol–water partition coefficient (Wildman–Crippen LogP) is 3.65. The molecule has 1 saturated heterocycles. The van der Waals surface area contributed by atoms with Crippen LogP contribution in [0.25, 0.3) is 11.0 Å². The highest BCUT2D eigenvalue weighted by molar-refractivity contribution is 5.91. The fourth-order valence-electron chi connectivity index (χ4n) is 4.96. The van der Waals surface area contributed by atoms with E-state index >= 15 is 0 Å². The average Bonchev–Trinajstić information content (AvgIpc) is 3.25. The lowest BCUT2D eigenvalue weighted by Gasteiger charge is -2.32. The van der Waals surface area contributed by atoms with Crippen LogP contribution in [-0.2, 0) is 19.4 Å². The van der Waals surface area contributed by atoms with Crippen molar-refractivity contribution >= 4 is 22.8 Å². The number of benzene rings is 1. The molecular formula is C24H30N6O. The molecule has 0 bridgehead atoms. The van der Waals surface area contributed by atoms with Crippen LogP contribution in [0.5, 0.6) is 5.75 Å². The van der Waals surface area contributed by atoms with Gasteiger partial charge in [0.15, 0.2) is 5.65 Å². The van der Waals surface area contributed by atoms with Crippen LogP contribution in [0.3, 0.4) is 0 Å². The van der Waals surface area contributed by atoms with Crippen LogP contribution in [0.4, 0.5) is 11.8 Å². The summed E-state index contributed by atoms with van der Waals surface area (Å²) in [5.41, 5.74) is 5.63. The molecule has 7 nitrogen and oxygen atoms in total. The van der Waals surface area contributed by atoms with Gasteiger partial charge in [-0.25, -0.2) is 4.98 Å². The molecule has 2 aliphatic rings. The van der Waals surface area contributed by atoms with E-state index in [1.807, 2.05) is 25.2 Å². The summed E-state index contributed by atoms with van der Waals surface area (Å²) in [5, 5.41) is 17.9. The molecule has 1 aliphatic carbocycles. The first-order chi connectivity index (χ1) is 15.1. The summed E-state index contributed by atoms with van der Waals surface area (Å²) < 4.78 is 0. The molecular weight excluding hydrogens is 388 g/mol. The van der Waals surface area contributed by atoms with E-state index in [0.29, 0.717) is 17.7 Å². The van der Waals surface area contributed by atoms with E-state index in [4.69, 9.17) is 15.0 Å². The van der Waals surface area contributed by atoms with Crippen LogP contribution in [0.2, 0.25) is 0 Å². The second-order valence-electron chi connectivity index (χ2n) is 8.68. The van der Waals surface area contributed by atoms with E-state index in [1.54, 1.807) is 6.07 Å². The number of aromatic hydroxyl groups is 1. The minimum atomic E-state index is 0.332. The highest BCUT2D eigenvalue weighted by Gasteiger charge is 2.23. The van der Waals surface area contributed by atoms with E-state index in [1.165, 1.54) is 23.2 Å². The maximum absolute atomic E-state index is 10.0. The Morgan fingerprint density at radius 2 is 1.90 bits per heavy atom. The number of piperidine rings is 1. The number of phenols is 1. The van der Waals surface area contributed by atoms with Crippen molar-refractivity contribution in [2.45, 2.75) is 51.6 Å². The SMILES string of the molecule is CNc1nc(NC2CCN(Cc3ccccc3O)CC2)nc2nc3c(c(C)c12)CCC3. The van der Waals surface area contributed by atoms with E-state index in [-0.39, 0.29) is 0 Å². The van der Waals surface area contributed by atoms with Gasteiger partial charge in [-0.1, -0.05) is 18.2 Å². The van der Waals surface area contributed by atoms with Crippen molar-refractivity contribution < 1.29 is 5.11 Å². The van der Waals surface area contributed by atoms with Crippen LogP contribution in [0.15, 0.2) is 24.3 Å². The van der Waals surface area contributed by atoms with Crippen molar-refractivity contribution in [1.82, 2.24) is 19.9 Å². The molecule has 5 rings (SSSR count). The maximum Gasteiger partial charge on any atom is 0.226 e. The number of hydrogen-bond donors (Lipinski definition) is 3. The standard InChI is InChI=1S/C24H30N6O/c1-15-18-7-5-8-19(18)27-23-21(15)22(25-2)28-24(29-23)26-17-10-12-30(13-11-17)14-16-6-3-4-9-20(16)31/h3-4,6,9,17,31H,5,7-8,10-14H2,1-2H3,(H2,25,26,27,28,29). The summed E-state index contributed by atoms with van der Waals surface area (Å²) in [6, 6.07) is 7.92.